The van der Waals surface area contributed by atoms with Gasteiger partial charge in [0.15, 0.2) is 6.61 Å². The van der Waals surface area contributed by atoms with Crippen LogP contribution < -0.4 is 10.1 Å². The van der Waals surface area contributed by atoms with Crippen LogP contribution in [-0.4, -0.2) is 29.5 Å². The van der Waals surface area contributed by atoms with Crippen LogP contribution in [0.1, 0.15) is 39.9 Å². The van der Waals surface area contributed by atoms with Crippen molar-refractivity contribution >= 4 is 5.82 Å². The first kappa shape index (κ1) is 15.6. The molecule has 1 rings (SSSR count). The van der Waals surface area contributed by atoms with Crippen LogP contribution in [0.4, 0.5) is 14.6 Å². The van der Waals surface area contributed by atoms with Crippen molar-refractivity contribution in [2.45, 2.75) is 46.0 Å². The van der Waals surface area contributed by atoms with E-state index in [0.29, 0.717) is 11.6 Å². The number of hydrogen-bond acceptors (Lipinski definition) is 4. The Morgan fingerprint density at radius 3 is 2.53 bits per heavy atom. The van der Waals surface area contributed by atoms with E-state index in [1.54, 1.807) is 6.07 Å². The zero-order valence-electron chi connectivity index (χ0n) is 11.8. The average Bonchev–Trinajstić information content (AvgIpc) is 2.32. The molecule has 1 N–H and O–H groups in total. The van der Waals surface area contributed by atoms with Crippen LogP contribution in [0.2, 0.25) is 0 Å². The summed E-state index contributed by atoms with van der Waals surface area (Å²) in [6.45, 7) is 8.02. The molecule has 0 aliphatic heterocycles. The molecule has 19 heavy (non-hydrogen) atoms. The summed E-state index contributed by atoms with van der Waals surface area (Å²) in [5, 5.41) is 3.12. The lowest BCUT2D eigenvalue weighted by atomic mass is 9.96. The predicted octanol–water partition coefficient (Wildman–Crippen LogP) is 3.24. The second-order valence-electron chi connectivity index (χ2n) is 5.29. The van der Waals surface area contributed by atoms with Gasteiger partial charge in [0.2, 0.25) is 5.88 Å². The molecule has 0 unspecified atom stereocenters. The molecule has 0 atom stereocenters. The largest absolute Gasteiger partial charge is 0.471 e. The van der Waals surface area contributed by atoms with Crippen molar-refractivity contribution in [3.8, 4) is 5.88 Å². The van der Waals surface area contributed by atoms with Crippen molar-refractivity contribution in [3.63, 3.8) is 0 Å². The van der Waals surface area contributed by atoms with Gasteiger partial charge in [-0.2, -0.15) is 4.98 Å². The Bertz CT molecular complexity index is 405. The molecular formula is C13H21F2N3O. The number of ether oxygens (including phenoxy) is 1. The molecule has 1 aromatic rings. The van der Waals surface area contributed by atoms with E-state index in [-0.39, 0.29) is 11.3 Å². The van der Waals surface area contributed by atoms with Crippen LogP contribution in [-0.2, 0) is 5.41 Å². The summed E-state index contributed by atoms with van der Waals surface area (Å²) in [6.07, 6.45) is -1.57. The molecule has 0 saturated carbocycles. The maximum atomic E-state index is 12.2. The van der Waals surface area contributed by atoms with Crippen LogP contribution in [0.15, 0.2) is 6.07 Å². The van der Waals surface area contributed by atoms with Gasteiger partial charge in [-0.05, 0) is 6.42 Å². The summed E-state index contributed by atoms with van der Waals surface area (Å²) in [4.78, 5) is 8.56. The third-order valence-electron chi connectivity index (χ3n) is 2.29. The van der Waals surface area contributed by atoms with Crippen LogP contribution >= 0.6 is 0 Å². The summed E-state index contributed by atoms with van der Waals surface area (Å²) in [5.41, 5.74) is -0.271. The first-order valence-electron chi connectivity index (χ1n) is 6.37. The Morgan fingerprint density at radius 1 is 1.32 bits per heavy atom. The monoisotopic (exact) mass is 273 g/mol. The summed E-state index contributed by atoms with van der Waals surface area (Å²) < 4.78 is 29.3. The van der Waals surface area contributed by atoms with Gasteiger partial charge in [-0.25, -0.2) is 13.8 Å². The minimum Gasteiger partial charge on any atom is -0.471 e. The van der Waals surface area contributed by atoms with Crippen LogP contribution in [0.5, 0.6) is 5.88 Å². The van der Waals surface area contributed by atoms with Crippen molar-refractivity contribution in [2.75, 3.05) is 18.5 Å². The second kappa shape index (κ2) is 6.63. The van der Waals surface area contributed by atoms with Crippen LogP contribution in [0.25, 0.3) is 0 Å². The summed E-state index contributed by atoms with van der Waals surface area (Å²) >= 11 is 0. The van der Waals surface area contributed by atoms with E-state index >= 15 is 0 Å². The molecule has 0 bridgehead atoms. The van der Waals surface area contributed by atoms with Crippen LogP contribution in [0.3, 0.4) is 0 Å². The number of alkyl halides is 2. The molecule has 0 aliphatic rings. The highest BCUT2D eigenvalue weighted by atomic mass is 19.3. The van der Waals surface area contributed by atoms with E-state index in [4.69, 9.17) is 4.74 Å². The maximum absolute atomic E-state index is 12.2. The topological polar surface area (TPSA) is 47.0 Å². The fourth-order valence-corrected chi connectivity index (χ4v) is 1.33. The van der Waals surface area contributed by atoms with Crippen LogP contribution in [0, 0.1) is 0 Å². The Balaban J connectivity index is 2.95. The molecule has 4 nitrogen and oxygen atoms in total. The van der Waals surface area contributed by atoms with Crippen molar-refractivity contribution in [1.82, 2.24) is 9.97 Å². The summed E-state index contributed by atoms with van der Waals surface area (Å²) in [7, 11) is 0. The van der Waals surface area contributed by atoms with Crippen molar-refractivity contribution in [1.29, 1.82) is 0 Å². The van der Waals surface area contributed by atoms with E-state index in [1.165, 1.54) is 0 Å². The van der Waals surface area contributed by atoms with Crippen molar-refractivity contribution < 1.29 is 13.5 Å². The van der Waals surface area contributed by atoms with E-state index in [0.717, 1.165) is 13.0 Å². The van der Waals surface area contributed by atoms with Gasteiger partial charge in [0, 0.05) is 18.0 Å². The highest BCUT2D eigenvalue weighted by Crippen LogP contribution is 2.23. The lowest BCUT2D eigenvalue weighted by molar-refractivity contribution is 0.0793. The van der Waals surface area contributed by atoms with Gasteiger partial charge in [-0.15, -0.1) is 0 Å². The molecular weight excluding hydrogens is 252 g/mol. The number of anilines is 1. The SMILES string of the molecule is CCCNc1cc(OCC(F)F)nc(C(C)(C)C)n1. The van der Waals surface area contributed by atoms with Crippen molar-refractivity contribution in [3.05, 3.63) is 11.9 Å². The molecule has 0 amide bonds. The maximum Gasteiger partial charge on any atom is 0.272 e. The molecule has 108 valence electrons. The average molecular weight is 273 g/mol. The third-order valence-corrected chi connectivity index (χ3v) is 2.29. The quantitative estimate of drug-likeness (QED) is 0.864. The fraction of sp³-hybridized carbons (Fsp3) is 0.692. The van der Waals surface area contributed by atoms with Gasteiger partial charge >= 0.3 is 0 Å². The molecule has 6 heteroatoms. The lowest BCUT2D eigenvalue weighted by Gasteiger charge is -2.19. The van der Waals surface area contributed by atoms with Gasteiger partial charge in [-0.1, -0.05) is 27.7 Å². The summed E-state index contributed by atoms with van der Waals surface area (Å²) in [5.74, 6) is 1.35. The van der Waals surface area contributed by atoms with Gasteiger partial charge in [0.25, 0.3) is 6.43 Å². The Kier molecular flexibility index (Phi) is 5.44. The minimum atomic E-state index is -2.51. The Labute approximate surface area is 112 Å². The summed E-state index contributed by atoms with van der Waals surface area (Å²) in [6, 6.07) is 1.55. The second-order valence-corrected chi connectivity index (χ2v) is 5.29. The minimum absolute atomic E-state index is 0.179. The highest BCUT2D eigenvalue weighted by molar-refractivity contribution is 5.39. The molecule has 0 saturated heterocycles. The van der Waals surface area contributed by atoms with Gasteiger partial charge < -0.3 is 10.1 Å². The number of nitrogens with one attached hydrogen (secondary N) is 1. The molecule has 0 radical (unpaired) electrons. The molecule has 1 aromatic heterocycles. The smallest absolute Gasteiger partial charge is 0.272 e. The van der Waals surface area contributed by atoms with E-state index in [2.05, 4.69) is 15.3 Å². The first-order valence-corrected chi connectivity index (χ1v) is 6.37. The van der Waals surface area contributed by atoms with E-state index in [1.807, 2.05) is 27.7 Å². The number of rotatable bonds is 6. The fourth-order valence-electron chi connectivity index (χ4n) is 1.33. The lowest BCUT2D eigenvalue weighted by Crippen LogP contribution is -2.19. The Hall–Kier alpha value is -1.46. The highest BCUT2D eigenvalue weighted by Gasteiger charge is 2.20. The molecule has 0 aromatic carbocycles. The van der Waals surface area contributed by atoms with Gasteiger partial charge in [-0.3, -0.25) is 0 Å². The number of hydrogen-bond donors (Lipinski definition) is 1. The normalized spacial score (nSPS) is 11.7. The number of nitrogens with zero attached hydrogens (tertiary/aromatic N) is 2. The zero-order chi connectivity index (χ0) is 14.5. The van der Waals surface area contributed by atoms with Gasteiger partial charge in [0.1, 0.15) is 11.6 Å². The standard InChI is InChI=1S/C13H21F2N3O/c1-5-6-16-10-7-11(19-8-9(14)15)18-12(17-10)13(2,3)4/h7,9H,5-6,8H2,1-4H3,(H,16,17,18). The first-order chi connectivity index (χ1) is 8.82. The molecule has 0 spiro atoms. The third kappa shape index (κ3) is 5.36. The van der Waals surface area contributed by atoms with E-state index < -0.39 is 13.0 Å². The van der Waals surface area contributed by atoms with Crippen molar-refractivity contribution in [2.24, 2.45) is 0 Å². The molecule has 0 aliphatic carbocycles. The number of aromatic nitrogens is 2. The zero-order valence-corrected chi connectivity index (χ0v) is 11.8. The van der Waals surface area contributed by atoms with Gasteiger partial charge in [0.05, 0.1) is 0 Å². The number of halogens is 2. The predicted molar refractivity (Wildman–Crippen MR) is 71.0 cm³/mol. The molecule has 1 heterocycles. The van der Waals surface area contributed by atoms with E-state index in [9.17, 15) is 8.78 Å². The molecule has 0 fully saturated rings. The Morgan fingerprint density at radius 2 is 2.00 bits per heavy atom.